The van der Waals surface area contributed by atoms with Crippen LogP contribution in [0.3, 0.4) is 0 Å². The van der Waals surface area contributed by atoms with Crippen LogP contribution in [-0.2, 0) is 26.7 Å². The van der Waals surface area contributed by atoms with E-state index in [0.717, 1.165) is 36.5 Å². The number of aromatic nitrogens is 4. The molecule has 5 nitrogen and oxygen atoms in total. The van der Waals surface area contributed by atoms with Crippen LogP contribution >= 0.6 is 0 Å². The van der Waals surface area contributed by atoms with Gasteiger partial charge in [0.2, 0.25) is 0 Å². The normalized spacial score (nSPS) is 10.6. The first-order valence-electron chi connectivity index (χ1n) is 3.71. The Morgan fingerprint density at radius 1 is 1.46 bits per heavy atom. The Morgan fingerprint density at radius 2 is 2.23 bits per heavy atom. The third-order valence-corrected chi connectivity index (χ3v) is 2.39. The fourth-order valence-corrected chi connectivity index (χ4v) is 1.47. The van der Waals surface area contributed by atoms with Gasteiger partial charge in [0.25, 0.3) is 0 Å². The van der Waals surface area contributed by atoms with Crippen LogP contribution in [0.4, 0.5) is 5.95 Å². The van der Waals surface area contributed by atoms with Gasteiger partial charge in [0, 0.05) is 0 Å². The van der Waals surface area contributed by atoms with Crippen molar-refractivity contribution in [3.63, 3.8) is 0 Å². The fraction of sp³-hybridized carbons (Fsp3) is 0.286. The van der Waals surface area contributed by atoms with Crippen molar-refractivity contribution in [2.24, 2.45) is 10.5 Å². The van der Waals surface area contributed by atoms with Crippen LogP contribution in [0, 0.1) is 6.92 Å². The summed E-state index contributed by atoms with van der Waals surface area (Å²) < 4.78 is 5.89. The molecule has 0 aromatic carbocycles. The quantitative estimate of drug-likeness (QED) is 0.776. The van der Waals surface area contributed by atoms with Crippen LogP contribution in [0.2, 0.25) is 0 Å². The number of aryl methyl sites for hydroxylation is 2. The van der Waals surface area contributed by atoms with Gasteiger partial charge in [-0.05, 0) is 0 Å². The SMILES string of the molecule is Cc1nc([N]=[W])nc2c1ncn2C. The Labute approximate surface area is 86.0 Å². The Hall–Kier alpha value is -0.962. The van der Waals surface area contributed by atoms with Crippen LogP contribution in [-0.4, -0.2) is 19.5 Å². The predicted octanol–water partition coefficient (Wildman–Crippen LogP) is 1.03. The van der Waals surface area contributed by atoms with Crippen LogP contribution in [0.15, 0.2) is 9.82 Å². The molecule has 13 heavy (non-hydrogen) atoms. The maximum atomic E-state index is 4.26. The zero-order valence-corrected chi connectivity index (χ0v) is 10.2. The Kier molecular flexibility index (Phi) is 2.04. The number of nitrogens with zero attached hydrogens (tertiary/aromatic N) is 5. The van der Waals surface area contributed by atoms with Gasteiger partial charge in [0.1, 0.15) is 0 Å². The van der Waals surface area contributed by atoms with Gasteiger partial charge in [-0.15, -0.1) is 0 Å². The van der Waals surface area contributed by atoms with E-state index in [4.69, 9.17) is 0 Å². The first kappa shape index (κ1) is 8.63. The molecular formula is C7H7N5W. The topological polar surface area (TPSA) is 56.0 Å². The van der Waals surface area contributed by atoms with E-state index in [1.807, 2.05) is 18.5 Å². The molecule has 2 heterocycles. The van der Waals surface area contributed by atoms with Crippen LogP contribution in [0.25, 0.3) is 11.2 Å². The molecule has 6 heteroatoms. The Morgan fingerprint density at radius 3 is 2.92 bits per heavy atom. The van der Waals surface area contributed by atoms with Gasteiger partial charge in [-0.3, -0.25) is 0 Å². The van der Waals surface area contributed by atoms with Gasteiger partial charge in [-0.1, -0.05) is 0 Å². The molecule has 0 aliphatic rings. The van der Waals surface area contributed by atoms with Gasteiger partial charge in [0.05, 0.1) is 0 Å². The van der Waals surface area contributed by atoms with E-state index in [-0.39, 0.29) is 0 Å². The molecule has 0 saturated carbocycles. The van der Waals surface area contributed by atoms with Gasteiger partial charge in [-0.2, -0.15) is 0 Å². The molecule has 0 spiro atoms. The third kappa shape index (κ3) is 1.33. The summed E-state index contributed by atoms with van der Waals surface area (Å²) in [5.74, 6) is 0.545. The molecule has 2 aromatic heterocycles. The van der Waals surface area contributed by atoms with Crippen molar-refractivity contribution in [1.29, 1.82) is 0 Å². The van der Waals surface area contributed by atoms with Crippen molar-refractivity contribution in [2.45, 2.75) is 6.92 Å². The van der Waals surface area contributed by atoms with E-state index in [1.54, 1.807) is 6.33 Å². The number of fused-ring (bicyclic) bond motifs is 1. The standard InChI is InChI=1S/C7H7N5.W/c1-4-5-6(11-7(8)10-4)12(2)3-9-5;/h3H,1-2H3;. The molecule has 0 N–H and O–H groups in total. The van der Waals surface area contributed by atoms with E-state index in [2.05, 4.69) is 18.4 Å². The molecular weight excluding hydrogens is 338 g/mol. The minimum atomic E-state index is 0.545. The van der Waals surface area contributed by atoms with Crippen molar-refractivity contribution >= 4 is 17.1 Å². The zero-order valence-electron chi connectivity index (χ0n) is 7.22. The average Bonchev–Trinajstić information content (AvgIpc) is 2.48. The summed E-state index contributed by atoms with van der Waals surface area (Å²) in [6, 6.07) is 0. The summed E-state index contributed by atoms with van der Waals surface area (Å²) in [7, 11) is 1.91. The van der Waals surface area contributed by atoms with Crippen molar-refractivity contribution < 1.29 is 19.6 Å². The summed E-state index contributed by atoms with van der Waals surface area (Å²) in [4.78, 5) is 12.7. The maximum absolute atomic E-state index is 4.26. The van der Waals surface area contributed by atoms with Crippen LogP contribution in [0.5, 0.6) is 0 Å². The van der Waals surface area contributed by atoms with Crippen LogP contribution in [0.1, 0.15) is 5.69 Å². The second kappa shape index (κ2) is 3.07. The molecule has 0 amide bonds. The minimum absolute atomic E-state index is 0.545. The monoisotopic (exact) mass is 345 g/mol. The number of hydrogen-bond donors (Lipinski definition) is 0. The van der Waals surface area contributed by atoms with E-state index in [1.165, 1.54) is 0 Å². The molecule has 0 radical (unpaired) electrons. The number of rotatable bonds is 1. The zero-order chi connectivity index (χ0) is 9.42. The molecule has 66 valence electrons. The molecule has 0 aliphatic carbocycles. The van der Waals surface area contributed by atoms with Crippen molar-refractivity contribution in [2.75, 3.05) is 0 Å². The number of hydrogen-bond acceptors (Lipinski definition) is 4. The first-order valence-corrected chi connectivity index (χ1v) is 5.02. The van der Waals surface area contributed by atoms with Crippen molar-refractivity contribution in [1.82, 2.24) is 19.5 Å². The van der Waals surface area contributed by atoms with Gasteiger partial charge >= 0.3 is 85.8 Å². The summed E-state index contributed by atoms with van der Waals surface area (Å²) in [5, 5.41) is 0. The fourth-order valence-electron chi connectivity index (χ4n) is 1.17. The van der Waals surface area contributed by atoms with E-state index in [0.29, 0.717) is 5.95 Å². The number of imidazole rings is 1. The second-order valence-corrected chi connectivity index (χ2v) is 3.38. The summed E-state index contributed by atoms with van der Waals surface area (Å²) in [6.45, 7) is 1.92. The van der Waals surface area contributed by atoms with E-state index in [9.17, 15) is 0 Å². The van der Waals surface area contributed by atoms with E-state index >= 15 is 0 Å². The summed E-state index contributed by atoms with van der Waals surface area (Å²) in [6.07, 6.45) is 1.73. The van der Waals surface area contributed by atoms with Gasteiger partial charge in [-0.25, -0.2) is 0 Å². The summed E-state index contributed by atoms with van der Waals surface area (Å²) >= 11 is 1.11. The molecule has 0 unspecified atom stereocenters. The van der Waals surface area contributed by atoms with Gasteiger partial charge in [0.15, 0.2) is 0 Å². The van der Waals surface area contributed by atoms with E-state index < -0.39 is 0 Å². The third-order valence-electron chi connectivity index (χ3n) is 1.80. The molecule has 2 rings (SSSR count). The Balaban J connectivity index is 2.87. The molecule has 0 atom stereocenters. The second-order valence-electron chi connectivity index (χ2n) is 2.73. The molecule has 0 aliphatic heterocycles. The van der Waals surface area contributed by atoms with Gasteiger partial charge < -0.3 is 0 Å². The van der Waals surface area contributed by atoms with Crippen molar-refractivity contribution in [3.05, 3.63) is 12.0 Å². The first-order chi connectivity index (χ1) is 6.22. The molecule has 2 aromatic rings. The van der Waals surface area contributed by atoms with Crippen molar-refractivity contribution in [3.8, 4) is 0 Å². The summed E-state index contributed by atoms with van der Waals surface area (Å²) in [5.41, 5.74) is 2.57. The van der Waals surface area contributed by atoms with Crippen LogP contribution < -0.4 is 0 Å². The molecule has 0 bridgehead atoms. The predicted molar refractivity (Wildman–Crippen MR) is 43.1 cm³/mol. The molecule has 0 saturated heterocycles. The molecule has 0 fully saturated rings. The average molecular weight is 345 g/mol. The Bertz CT molecular complexity index is 475.